The second-order valence-electron chi connectivity index (χ2n) is 5.82. The van der Waals surface area contributed by atoms with Crippen LogP contribution in [0.4, 0.5) is 8.78 Å². The minimum absolute atomic E-state index is 0.134. The van der Waals surface area contributed by atoms with Crippen LogP contribution >= 0.6 is 0 Å². The first-order valence-electron chi connectivity index (χ1n) is 8.51. The summed E-state index contributed by atoms with van der Waals surface area (Å²) in [4.78, 5) is 4.16. The molecule has 0 amide bonds. The van der Waals surface area contributed by atoms with Gasteiger partial charge in [0.2, 0.25) is 6.79 Å². The summed E-state index contributed by atoms with van der Waals surface area (Å²) in [5, 5.41) is 6.36. The standard InChI is InChI=1S/C19H21F2N3O3/c1-22-19(24-11-14-3-2-4-15(9-14)27-18(20)21)23-8-7-13-5-6-16-17(10-13)26-12-25-16/h2-6,9-10,18H,7-8,11-12H2,1H3,(H2,22,23,24). The summed E-state index contributed by atoms with van der Waals surface area (Å²) >= 11 is 0. The molecule has 0 fully saturated rings. The predicted molar refractivity (Wildman–Crippen MR) is 97.5 cm³/mol. The molecule has 1 aliphatic rings. The third-order valence-electron chi connectivity index (χ3n) is 3.95. The summed E-state index contributed by atoms with van der Waals surface area (Å²) in [7, 11) is 1.67. The van der Waals surface area contributed by atoms with Crippen molar-refractivity contribution in [3.63, 3.8) is 0 Å². The molecular formula is C19H21F2N3O3. The summed E-state index contributed by atoms with van der Waals surface area (Å²) in [5.41, 5.74) is 1.94. The Labute approximate surface area is 156 Å². The lowest BCUT2D eigenvalue weighted by Crippen LogP contribution is -2.37. The maximum Gasteiger partial charge on any atom is 0.387 e. The molecule has 0 saturated heterocycles. The highest BCUT2D eigenvalue weighted by Crippen LogP contribution is 2.32. The zero-order chi connectivity index (χ0) is 19.1. The quantitative estimate of drug-likeness (QED) is 0.574. The van der Waals surface area contributed by atoms with Gasteiger partial charge < -0.3 is 24.8 Å². The van der Waals surface area contributed by atoms with Crippen molar-refractivity contribution in [2.45, 2.75) is 19.6 Å². The van der Waals surface area contributed by atoms with Crippen molar-refractivity contribution in [2.24, 2.45) is 4.99 Å². The predicted octanol–water partition coefficient (Wildman–Crippen LogP) is 2.92. The summed E-state index contributed by atoms with van der Waals surface area (Å²) in [5.74, 6) is 2.29. The van der Waals surface area contributed by atoms with Crippen LogP contribution in [-0.2, 0) is 13.0 Å². The molecule has 0 saturated carbocycles. The van der Waals surface area contributed by atoms with E-state index in [2.05, 4.69) is 20.4 Å². The van der Waals surface area contributed by atoms with Gasteiger partial charge in [0.1, 0.15) is 5.75 Å². The Balaban J connectivity index is 1.45. The molecule has 1 aliphatic heterocycles. The van der Waals surface area contributed by atoms with Crippen LogP contribution in [0.15, 0.2) is 47.5 Å². The number of hydrogen-bond acceptors (Lipinski definition) is 4. The molecule has 0 atom stereocenters. The Bertz CT molecular complexity index is 800. The molecule has 0 aromatic heterocycles. The van der Waals surface area contributed by atoms with E-state index in [4.69, 9.17) is 9.47 Å². The van der Waals surface area contributed by atoms with Crippen LogP contribution in [0.5, 0.6) is 17.2 Å². The highest BCUT2D eigenvalue weighted by atomic mass is 19.3. The fraction of sp³-hybridized carbons (Fsp3) is 0.316. The molecule has 27 heavy (non-hydrogen) atoms. The van der Waals surface area contributed by atoms with E-state index < -0.39 is 6.61 Å². The lowest BCUT2D eigenvalue weighted by Gasteiger charge is -2.13. The van der Waals surface area contributed by atoms with Gasteiger partial charge in [0.15, 0.2) is 17.5 Å². The number of benzene rings is 2. The maximum absolute atomic E-state index is 12.3. The summed E-state index contributed by atoms with van der Waals surface area (Å²) in [6.45, 7) is -1.46. The smallest absolute Gasteiger partial charge is 0.387 e. The first kappa shape index (κ1) is 18.8. The number of fused-ring (bicyclic) bond motifs is 1. The summed E-state index contributed by atoms with van der Waals surface area (Å²) in [6, 6.07) is 12.4. The largest absolute Gasteiger partial charge is 0.454 e. The van der Waals surface area contributed by atoms with Crippen molar-refractivity contribution in [3.05, 3.63) is 53.6 Å². The van der Waals surface area contributed by atoms with Crippen LogP contribution in [-0.4, -0.2) is 33.0 Å². The number of nitrogens with zero attached hydrogens (tertiary/aromatic N) is 1. The monoisotopic (exact) mass is 377 g/mol. The molecule has 8 heteroatoms. The third-order valence-corrected chi connectivity index (χ3v) is 3.95. The molecule has 2 aromatic carbocycles. The fourth-order valence-corrected chi connectivity index (χ4v) is 2.66. The number of aliphatic imine (C=N–C) groups is 1. The Morgan fingerprint density at radius 1 is 1.11 bits per heavy atom. The van der Waals surface area contributed by atoms with Gasteiger partial charge in [0.25, 0.3) is 0 Å². The van der Waals surface area contributed by atoms with Crippen molar-refractivity contribution in [2.75, 3.05) is 20.4 Å². The zero-order valence-corrected chi connectivity index (χ0v) is 14.9. The normalized spacial score (nSPS) is 13.0. The van der Waals surface area contributed by atoms with Gasteiger partial charge in [-0.25, -0.2) is 0 Å². The molecule has 144 valence electrons. The first-order chi connectivity index (χ1) is 13.1. The number of alkyl halides is 2. The van der Waals surface area contributed by atoms with Crippen molar-refractivity contribution in [3.8, 4) is 17.2 Å². The Morgan fingerprint density at radius 3 is 2.78 bits per heavy atom. The lowest BCUT2D eigenvalue weighted by atomic mass is 10.1. The molecule has 0 bridgehead atoms. The van der Waals surface area contributed by atoms with Crippen LogP contribution < -0.4 is 24.8 Å². The number of guanidine groups is 1. The Kier molecular flexibility index (Phi) is 6.30. The lowest BCUT2D eigenvalue weighted by molar-refractivity contribution is -0.0498. The van der Waals surface area contributed by atoms with E-state index >= 15 is 0 Å². The first-order valence-corrected chi connectivity index (χ1v) is 8.51. The van der Waals surface area contributed by atoms with Gasteiger partial charge >= 0.3 is 6.61 Å². The minimum atomic E-state index is -2.83. The van der Waals surface area contributed by atoms with Gasteiger partial charge in [-0.2, -0.15) is 8.78 Å². The highest BCUT2D eigenvalue weighted by molar-refractivity contribution is 5.79. The van der Waals surface area contributed by atoms with Gasteiger partial charge in [-0.1, -0.05) is 18.2 Å². The second kappa shape index (κ2) is 9.07. The van der Waals surface area contributed by atoms with E-state index in [0.717, 1.165) is 29.0 Å². The van der Waals surface area contributed by atoms with Gasteiger partial charge in [-0.15, -0.1) is 0 Å². The molecule has 0 aliphatic carbocycles. The fourth-order valence-electron chi connectivity index (χ4n) is 2.66. The van der Waals surface area contributed by atoms with Crippen molar-refractivity contribution in [1.29, 1.82) is 0 Å². The third kappa shape index (κ3) is 5.47. The van der Waals surface area contributed by atoms with Gasteiger partial charge in [-0.05, 0) is 41.8 Å². The number of halogens is 2. The molecule has 6 nitrogen and oxygen atoms in total. The summed E-state index contributed by atoms with van der Waals surface area (Å²) < 4.78 is 39.7. The van der Waals surface area contributed by atoms with Crippen molar-refractivity contribution < 1.29 is 23.0 Å². The van der Waals surface area contributed by atoms with Crippen molar-refractivity contribution in [1.82, 2.24) is 10.6 Å². The van der Waals surface area contributed by atoms with E-state index in [1.807, 2.05) is 24.3 Å². The van der Waals surface area contributed by atoms with Gasteiger partial charge in [0.05, 0.1) is 0 Å². The number of rotatable bonds is 7. The molecule has 0 unspecified atom stereocenters. The highest BCUT2D eigenvalue weighted by Gasteiger charge is 2.13. The number of hydrogen-bond donors (Lipinski definition) is 2. The van der Waals surface area contributed by atoms with Crippen LogP contribution in [0, 0.1) is 0 Å². The van der Waals surface area contributed by atoms with Gasteiger partial charge in [-0.3, -0.25) is 4.99 Å². The van der Waals surface area contributed by atoms with Crippen LogP contribution in [0.3, 0.4) is 0 Å². The molecule has 2 aromatic rings. The summed E-state index contributed by atoms with van der Waals surface area (Å²) in [6.07, 6.45) is 0.787. The van der Waals surface area contributed by atoms with E-state index in [-0.39, 0.29) is 12.5 Å². The molecular weight excluding hydrogens is 356 g/mol. The minimum Gasteiger partial charge on any atom is -0.454 e. The number of ether oxygens (including phenoxy) is 3. The van der Waals surface area contributed by atoms with E-state index in [1.54, 1.807) is 19.2 Å². The Hall–Kier alpha value is -3.03. The molecule has 3 rings (SSSR count). The topological polar surface area (TPSA) is 64.1 Å². The van der Waals surface area contributed by atoms with E-state index in [9.17, 15) is 8.78 Å². The number of nitrogens with one attached hydrogen (secondary N) is 2. The average molecular weight is 377 g/mol. The molecule has 0 radical (unpaired) electrons. The van der Waals surface area contributed by atoms with E-state index in [1.165, 1.54) is 6.07 Å². The second-order valence-corrected chi connectivity index (χ2v) is 5.82. The van der Waals surface area contributed by atoms with Crippen LogP contribution in [0.1, 0.15) is 11.1 Å². The van der Waals surface area contributed by atoms with E-state index in [0.29, 0.717) is 19.0 Å². The maximum atomic E-state index is 12.3. The Morgan fingerprint density at radius 2 is 1.96 bits per heavy atom. The zero-order valence-electron chi connectivity index (χ0n) is 14.9. The molecule has 2 N–H and O–H groups in total. The molecule has 0 spiro atoms. The van der Waals surface area contributed by atoms with Crippen LogP contribution in [0.2, 0.25) is 0 Å². The van der Waals surface area contributed by atoms with Crippen LogP contribution in [0.25, 0.3) is 0 Å². The van der Waals surface area contributed by atoms with Crippen molar-refractivity contribution >= 4 is 5.96 Å². The van der Waals surface area contributed by atoms with Gasteiger partial charge in [0, 0.05) is 20.1 Å². The molecule has 1 heterocycles. The average Bonchev–Trinajstić information content (AvgIpc) is 3.12. The SMILES string of the molecule is CN=C(NCCc1ccc2c(c1)OCO2)NCc1cccc(OC(F)F)c1.